The van der Waals surface area contributed by atoms with E-state index in [4.69, 9.17) is 11.6 Å². The van der Waals surface area contributed by atoms with Gasteiger partial charge in [-0.1, -0.05) is 60.1 Å². The number of anilines is 1. The van der Waals surface area contributed by atoms with E-state index in [1.807, 2.05) is 30.3 Å². The molecule has 0 saturated heterocycles. The molecule has 0 heterocycles. The largest absolute Gasteiger partial charge is 0.351 e. The predicted octanol–water partition coefficient (Wildman–Crippen LogP) is 3.81. The van der Waals surface area contributed by atoms with E-state index < -0.39 is 15.9 Å². The molecular formula is C24H24ClN3O4S. The molecule has 0 unspecified atom stereocenters. The van der Waals surface area contributed by atoms with Gasteiger partial charge in [-0.25, -0.2) is 8.42 Å². The molecule has 0 radical (unpaired) electrons. The van der Waals surface area contributed by atoms with Crippen molar-refractivity contribution in [1.82, 2.24) is 9.62 Å². The number of benzene rings is 3. The van der Waals surface area contributed by atoms with Crippen molar-refractivity contribution in [2.24, 2.45) is 0 Å². The molecule has 0 aliphatic heterocycles. The summed E-state index contributed by atoms with van der Waals surface area (Å²) < 4.78 is 27.9. The lowest BCUT2D eigenvalue weighted by atomic mass is 10.2. The van der Waals surface area contributed by atoms with E-state index in [2.05, 4.69) is 10.6 Å². The Kier molecular flexibility index (Phi) is 8.21. The van der Waals surface area contributed by atoms with Gasteiger partial charge in [-0.2, -0.15) is 4.31 Å². The second kappa shape index (κ2) is 11.1. The van der Waals surface area contributed by atoms with Gasteiger partial charge in [-0.15, -0.1) is 0 Å². The topological polar surface area (TPSA) is 95.6 Å². The number of nitrogens with zero attached hydrogens (tertiary/aromatic N) is 1. The molecule has 0 aliphatic rings. The minimum absolute atomic E-state index is 0.000449. The summed E-state index contributed by atoms with van der Waals surface area (Å²) >= 11 is 6.25. The molecule has 33 heavy (non-hydrogen) atoms. The number of hydrogen-bond donors (Lipinski definition) is 2. The monoisotopic (exact) mass is 485 g/mol. The second-order valence-corrected chi connectivity index (χ2v) is 9.68. The lowest BCUT2D eigenvalue weighted by molar-refractivity contribution is -0.121. The Labute approximate surface area is 198 Å². The fraction of sp³-hybridized carbons (Fsp3) is 0.167. The Balaban J connectivity index is 1.83. The molecule has 0 saturated carbocycles. The van der Waals surface area contributed by atoms with E-state index in [-0.39, 0.29) is 30.4 Å². The van der Waals surface area contributed by atoms with E-state index >= 15 is 0 Å². The Morgan fingerprint density at radius 3 is 2.18 bits per heavy atom. The van der Waals surface area contributed by atoms with Crippen molar-refractivity contribution < 1.29 is 18.0 Å². The Morgan fingerprint density at radius 1 is 0.909 bits per heavy atom. The van der Waals surface area contributed by atoms with Gasteiger partial charge >= 0.3 is 0 Å². The summed E-state index contributed by atoms with van der Waals surface area (Å²) in [7, 11) is -4.04. The van der Waals surface area contributed by atoms with Gasteiger partial charge in [0.2, 0.25) is 21.8 Å². The molecule has 0 aliphatic carbocycles. The van der Waals surface area contributed by atoms with Crippen LogP contribution in [0.2, 0.25) is 5.02 Å². The Bertz CT molecular complexity index is 1220. The number of halogens is 1. The number of amides is 2. The fourth-order valence-corrected chi connectivity index (χ4v) is 4.69. The summed E-state index contributed by atoms with van der Waals surface area (Å²) in [5.41, 5.74) is 1.95. The number of nitrogens with one attached hydrogen (secondary N) is 2. The molecule has 0 spiro atoms. The van der Waals surface area contributed by atoms with Crippen LogP contribution >= 0.6 is 11.6 Å². The molecule has 0 atom stereocenters. The summed E-state index contributed by atoms with van der Waals surface area (Å²) in [6.07, 6.45) is 0. The lowest BCUT2D eigenvalue weighted by Crippen LogP contribution is -2.40. The van der Waals surface area contributed by atoms with Gasteiger partial charge in [0.15, 0.2) is 0 Å². The number of carbonyl (C=O) groups is 2. The molecule has 0 aromatic heterocycles. The van der Waals surface area contributed by atoms with Gasteiger partial charge < -0.3 is 10.6 Å². The third kappa shape index (κ3) is 6.89. The maximum atomic E-state index is 13.4. The SMILES string of the molecule is CC(=O)Nc1ccc(S(=O)(=O)N(CC(=O)NCc2ccccc2)Cc2ccccc2Cl)cc1. The predicted molar refractivity (Wildman–Crippen MR) is 128 cm³/mol. The first-order chi connectivity index (χ1) is 15.8. The fourth-order valence-electron chi connectivity index (χ4n) is 3.12. The van der Waals surface area contributed by atoms with Crippen molar-refractivity contribution in [2.45, 2.75) is 24.9 Å². The van der Waals surface area contributed by atoms with E-state index in [0.717, 1.165) is 9.87 Å². The van der Waals surface area contributed by atoms with E-state index in [9.17, 15) is 18.0 Å². The number of rotatable bonds is 9. The van der Waals surface area contributed by atoms with Crippen LogP contribution < -0.4 is 10.6 Å². The molecule has 3 rings (SSSR count). The minimum atomic E-state index is -4.04. The van der Waals surface area contributed by atoms with E-state index in [0.29, 0.717) is 16.3 Å². The van der Waals surface area contributed by atoms with Crippen molar-refractivity contribution >= 4 is 39.1 Å². The third-order valence-electron chi connectivity index (χ3n) is 4.77. The zero-order chi connectivity index (χ0) is 23.8. The molecule has 0 fully saturated rings. The summed E-state index contributed by atoms with van der Waals surface area (Å²) in [6.45, 7) is 1.19. The smallest absolute Gasteiger partial charge is 0.243 e. The average Bonchev–Trinajstić information content (AvgIpc) is 2.79. The van der Waals surface area contributed by atoms with E-state index in [1.165, 1.54) is 31.2 Å². The minimum Gasteiger partial charge on any atom is -0.351 e. The quantitative estimate of drug-likeness (QED) is 0.481. The first-order valence-electron chi connectivity index (χ1n) is 10.2. The Morgan fingerprint density at radius 2 is 1.55 bits per heavy atom. The zero-order valence-corrected chi connectivity index (χ0v) is 19.6. The highest BCUT2D eigenvalue weighted by atomic mass is 35.5. The molecule has 2 N–H and O–H groups in total. The third-order valence-corrected chi connectivity index (χ3v) is 6.94. The van der Waals surface area contributed by atoms with Crippen LogP contribution in [0.25, 0.3) is 0 Å². The number of sulfonamides is 1. The molecule has 0 bridgehead atoms. The first-order valence-corrected chi connectivity index (χ1v) is 12.0. The summed E-state index contributed by atoms with van der Waals surface area (Å²) in [6, 6.07) is 22.0. The highest BCUT2D eigenvalue weighted by Gasteiger charge is 2.27. The average molecular weight is 486 g/mol. The highest BCUT2D eigenvalue weighted by Crippen LogP contribution is 2.23. The van der Waals surface area contributed by atoms with Gasteiger partial charge in [0.25, 0.3) is 0 Å². The van der Waals surface area contributed by atoms with Crippen LogP contribution in [-0.2, 0) is 32.7 Å². The summed E-state index contributed by atoms with van der Waals surface area (Å²) in [5, 5.41) is 5.76. The van der Waals surface area contributed by atoms with Gasteiger partial charge in [-0.05, 0) is 41.5 Å². The second-order valence-electron chi connectivity index (χ2n) is 7.33. The molecule has 3 aromatic rings. The molecular weight excluding hydrogens is 462 g/mol. The molecule has 172 valence electrons. The zero-order valence-electron chi connectivity index (χ0n) is 18.0. The molecule has 7 nitrogen and oxygen atoms in total. The molecule has 3 aromatic carbocycles. The van der Waals surface area contributed by atoms with E-state index in [1.54, 1.807) is 24.3 Å². The normalized spacial score (nSPS) is 11.2. The Hall–Kier alpha value is -3.20. The van der Waals surface area contributed by atoms with Crippen LogP contribution in [0.5, 0.6) is 0 Å². The van der Waals surface area contributed by atoms with Crippen molar-refractivity contribution in [1.29, 1.82) is 0 Å². The maximum Gasteiger partial charge on any atom is 0.243 e. The van der Waals surface area contributed by atoms with Crippen LogP contribution in [-0.4, -0.2) is 31.1 Å². The number of hydrogen-bond acceptors (Lipinski definition) is 4. The van der Waals surface area contributed by atoms with Gasteiger partial charge in [0, 0.05) is 30.7 Å². The van der Waals surface area contributed by atoms with Crippen LogP contribution in [0.15, 0.2) is 83.8 Å². The van der Waals surface area contributed by atoms with Crippen LogP contribution in [0, 0.1) is 0 Å². The van der Waals surface area contributed by atoms with Crippen LogP contribution in [0.3, 0.4) is 0 Å². The van der Waals surface area contributed by atoms with Gasteiger partial charge in [-0.3, -0.25) is 9.59 Å². The molecule has 9 heteroatoms. The van der Waals surface area contributed by atoms with Crippen molar-refractivity contribution in [3.63, 3.8) is 0 Å². The van der Waals surface area contributed by atoms with Crippen molar-refractivity contribution in [3.05, 3.63) is 95.0 Å². The van der Waals surface area contributed by atoms with Crippen LogP contribution in [0.1, 0.15) is 18.1 Å². The first kappa shape index (κ1) is 24.4. The summed E-state index contributed by atoms with van der Waals surface area (Å²) in [5.74, 6) is -0.703. The standard InChI is InChI=1S/C24H24ClN3O4S/c1-18(29)27-21-11-13-22(14-12-21)33(31,32)28(16-20-9-5-6-10-23(20)25)17-24(30)26-15-19-7-3-2-4-8-19/h2-14H,15-17H2,1H3,(H,26,30)(H,27,29). The highest BCUT2D eigenvalue weighted by molar-refractivity contribution is 7.89. The maximum absolute atomic E-state index is 13.4. The van der Waals surface area contributed by atoms with Crippen molar-refractivity contribution in [3.8, 4) is 0 Å². The van der Waals surface area contributed by atoms with Crippen molar-refractivity contribution in [2.75, 3.05) is 11.9 Å². The number of carbonyl (C=O) groups excluding carboxylic acids is 2. The molecule has 2 amide bonds. The summed E-state index contributed by atoms with van der Waals surface area (Å²) in [4.78, 5) is 23.9. The van der Waals surface area contributed by atoms with Crippen LogP contribution in [0.4, 0.5) is 5.69 Å². The van der Waals surface area contributed by atoms with Gasteiger partial charge in [0.1, 0.15) is 0 Å². The van der Waals surface area contributed by atoms with Gasteiger partial charge in [0.05, 0.1) is 11.4 Å². The lowest BCUT2D eigenvalue weighted by Gasteiger charge is -2.22.